The van der Waals surface area contributed by atoms with Crippen molar-refractivity contribution in [2.45, 2.75) is 33.1 Å². The van der Waals surface area contributed by atoms with Crippen molar-refractivity contribution in [3.05, 3.63) is 59.2 Å². The summed E-state index contributed by atoms with van der Waals surface area (Å²) in [5.41, 5.74) is 9.75. The molecule has 0 saturated carbocycles. The molecule has 0 aliphatic rings. The van der Waals surface area contributed by atoms with Gasteiger partial charge in [0, 0.05) is 11.4 Å². The molecule has 0 unspecified atom stereocenters. The molecule has 21 heavy (non-hydrogen) atoms. The lowest BCUT2D eigenvalue weighted by molar-refractivity contribution is 0.102. The van der Waals surface area contributed by atoms with Crippen molar-refractivity contribution in [3.63, 3.8) is 0 Å². The maximum Gasteiger partial charge on any atom is 0.258 e. The summed E-state index contributed by atoms with van der Waals surface area (Å²) in [4.78, 5) is 12.5. The first-order valence-corrected chi connectivity index (χ1v) is 7.06. The summed E-state index contributed by atoms with van der Waals surface area (Å²) in [5.74, 6) is -0.165. The van der Waals surface area contributed by atoms with Crippen molar-refractivity contribution >= 4 is 17.3 Å². The van der Waals surface area contributed by atoms with Gasteiger partial charge < -0.3 is 11.1 Å². The second-order valence-electron chi connectivity index (χ2n) is 6.29. The third-order valence-corrected chi connectivity index (χ3v) is 3.52. The average Bonchev–Trinajstić information content (AvgIpc) is 2.37. The van der Waals surface area contributed by atoms with Gasteiger partial charge in [0.1, 0.15) is 0 Å². The van der Waals surface area contributed by atoms with Gasteiger partial charge in [-0.1, -0.05) is 51.1 Å². The van der Waals surface area contributed by atoms with E-state index in [1.807, 2.05) is 43.3 Å². The van der Waals surface area contributed by atoms with Gasteiger partial charge in [-0.25, -0.2) is 0 Å². The van der Waals surface area contributed by atoms with E-state index < -0.39 is 0 Å². The zero-order valence-electron chi connectivity index (χ0n) is 13.0. The summed E-state index contributed by atoms with van der Waals surface area (Å²) in [7, 11) is 0. The number of aryl methyl sites for hydroxylation is 1. The molecule has 0 aliphatic heterocycles. The Bertz CT molecular complexity index is 649. The van der Waals surface area contributed by atoms with Crippen molar-refractivity contribution in [1.82, 2.24) is 0 Å². The number of hydrogen-bond acceptors (Lipinski definition) is 2. The highest BCUT2D eigenvalue weighted by atomic mass is 16.1. The van der Waals surface area contributed by atoms with Crippen molar-refractivity contribution in [2.24, 2.45) is 0 Å². The van der Waals surface area contributed by atoms with Crippen LogP contribution in [0.5, 0.6) is 0 Å². The predicted molar refractivity (Wildman–Crippen MR) is 88.7 cm³/mol. The number of nitrogen functional groups attached to an aromatic ring is 1. The molecule has 0 heterocycles. The molecule has 0 aliphatic carbocycles. The second kappa shape index (κ2) is 5.60. The van der Waals surface area contributed by atoms with Crippen LogP contribution in [0.15, 0.2) is 42.5 Å². The summed E-state index contributed by atoms with van der Waals surface area (Å²) < 4.78 is 0. The third-order valence-electron chi connectivity index (χ3n) is 3.52. The van der Waals surface area contributed by atoms with Crippen molar-refractivity contribution in [2.75, 3.05) is 11.1 Å². The van der Waals surface area contributed by atoms with Crippen LogP contribution in [-0.4, -0.2) is 5.91 Å². The van der Waals surface area contributed by atoms with E-state index in [0.717, 1.165) is 16.8 Å². The molecule has 2 aromatic rings. The molecule has 0 saturated heterocycles. The average molecular weight is 282 g/mol. The lowest BCUT2D eigenvalue weighted by Gasteiger charge is -2.23. The monoisotopic (exact) mass is 282 g/mol. The van der Waals surface area contributed by atoms with E-state index in [1.165, 1.54) is 0 Å². The number of carbonyl (C=O) groups excluding carboxylic acids is 1. The highest BCUT2D eigenvalue weighted by Crippen LogP contribution is 2.30. The molecule has 0 bridgehead atoms. The van der Waals surface area contributed by atoms with Gasteiger partial charge in [0.25, 0.3) is 5.91 Å². The minimum Gasteiger partial charge on any atom is -0.398 e. The topological polar surface area (TPSA) is 55.1 Å². The largest absolute Gasteiger partial charge is 0.398 e. The molecule has 2 rings (SSSR count). The van der Waals surface area contributed by atoms with Crippen LogP contribution < -0.4 is 11.1 Å². The van der Waals surface area contributed by atoms with E-state index in [0.29, 0.717) is 11.3 Å². The number of nitrogens with one attached hydrogen (secondary N) is 1. The quantitative estimate of drug-likeness (QED) is 0.814. The van der Waals surface area contributed by atoms with Gasteiger partial charge >= 0.3 is 0 Å². The standard InChI is InChI=1S/C18H22N2O/c1-12-8-7-10-14(19)16(12)17(21)20-15-11-6-5-9-13(15)18(2,3)4/h5-11H,19H2,1-4H3,(H,20,21). The van der Waals surface area contributed by atoms with E-state index >= 15 is 0 Å². The van der Waals surface area contributed by atoms with Crippen LogP contribution in [-0.2, 0) is 5.41 Å². The number of rotatable bonds is 2. The van der Waals surface area contributed by atoms with E-state index in [-0.39, 0.29) is 11.3 Å². The molecule has 0 atom stereocenters. The number of para-hydroxylation sites is 1. The molecule has 3 nitrogen and oxygen atoms in total. The number of benzene rings is 2. The summed E-state index contributed by atoms with van der Waals surface area (Å²) in [6.07, 6.45) is 0. The van der Waals surface area contributed by atoms with Crippen LogP contribution in [0.2, 0.25) is 0 Å². The van der Waals surface area contributed by atoms with Crippen molar-refractivity contribution < 1.29 is 4.79 Å². The van der Waals surface area contributed by atoms with Gasteiger partial charge in [0.15, 0.2) is 0 Å². The number of amides is 1. The maximum atomic E-state index is 12.5. The highest BCUT2D eigenvalue weighted by molar-refractivity contribution is 6.09. The van der Waals surface area contributed by atoms with Crippen LogP contribution in [0.4, 0.5) is 11.4 Å². The SMILES string of the molecule is Cc1cccc(N)c1C(=O)Nc1ccccc1C(C)(C)C. The van der Waals surface area contributed by atoms with Gasteiger partial charge in [-0.15, -0.1) is 0 Å². The minimum atomic E-state index is -0.165. The zero-order chi connectivity index (χ0) is 15.6. The number of nitrogens with two attached hydrogens (primary N) is 1. The molecule has 0 radical (unpaired) electrons. The number of hydrogen-bond donors (Lipinski definition) is 2. The first kappa shape index (κ1) is 15.1. The molecular formula is C18H22N2O. The van der Waals surface area contributed by atoms with Crippen LogP contribution >= 0.6 is 0 Å². The molecule has 3 heteroatoms. The van der Waals surface area contributed by atoms with Crippen LogP contribution in [0, 0.1) is 6.92 Å². The van der Waals surface area contributed by atoms with E-state index in [4.69, 9.17) is 5.73 Å². The normalized spacial score (nSPS) is 11.2. The molecule has 3 N–H and O–H groups in total. The van der Waals surface area contributed by atoms with Gasteiger partial charge in [-0.2, -0.15) is 0 Å². The fourth-order valence-corrected chi connectivity index (χ4v) is 2.43. The van der Waals surface area contributed by atoms with Crippen LogP contribution in [0.25, 0.3) is 0 Å². The Morgan fingerprint density at radius 3 is 2.33 bits per heavy atom. The summed E-state index contributed by atoms with van der Waals surface area (Å²) in [5, 5.41) is 3.00. The van der Waals surface area contributed by atoms with Gasteiger partial charge in [-0.3, -0.25) is 4.79 Å². The predicted octanol–water partition coefficient (Wildman–Crippen LogP) is 4.13. The van der Waals surface area contributed by atoms with Crippen LogP contribution in [0.3, 0.4) is 0 Å². The van der Waals surface area contributed by atoms with Gasteiger partial charge in [0.05, 0.1) is 5.56 Å². The molecule has 1 amide bonds. The first-order valence-electron chi connectivity index (χ1n) is 7.06. The maximum absolute atomic E-state index is 12.5. The highest BCUT2D eigenvalue weighted by Gasteiger charge is 2.20. The van der Waals surface area contributed by atoms with Gasteiger partial charge in [-0.05, 0) is 35.6 Å². The number of anilines is 2. The molecule has 110 valence electrons. The van der Waals surface area contributed by atoms with Crippen molar-refractivity contribution in [3.8, 4) is 0 Å². The Labute approximate surface area is 126 Å². The zero-order valence-corrected chi connectivity index (χ0v) is 13.0. The third kappa shape index (κ3) is 3.24. The summed E-state index contributed by atoms with van der Waals surface area (Å²) >= 11 is 0. The Kier molecular flexibility index (Phi) is 4.03. The lowest BCUT2D eigenvalue weighted by Crippen LogP contribution is -2.20. The first-order chi connectivity index (χ1) is 9.80. The summed E-state index contributed by atoms with van der Waals surface area (Å²) in [6.45, 7) is 8.27. The van der Waals surface area contributed by atoms with E-state index in [1.54, 1.807) is 6.07 Å². The minimum absolute atomic E-state index is 0.0405. The van der Waals surface area contributed by atoms with Crippen molar-refractivity contribution in [1.29, 1.82) is 0 Å². The summed E-state index contributed by atoms with van der Waals surface area (Å²) in [6, 6.07) is 13.4. The Morgan fingerprint density at radius 2 is 1.71 bits per heavy atom. The lowest BCUT2D eigenvalue weighted by atomic mass is 9.85. The fraction of sp³-hybridized carbons (Fsp3) is 0.278. The van der Waals surface area contributed by atoms with E-state index in [2.05, 4.69) is 26.1 Å². The Balaban J connectivity index is 2.38. The molecule has 0 spiro atoms. The second-order valence-corrected chi connectivity index (χ2v) is 6.29. The number of carbonyl (C=O) groups is 1. The Hall–Kier alpha value is -2.29. The smallest absolute Gasteiger partial charge is 0.258 e. The fourth-order valence-electron chi connectivity index (χ4n) is 2.43. The van der Waals surface area contributed by atoms with E-state index in [9.17, 15) is 4.79 Å². The molecular weight excluding hydrogens is 260 g/mol. The molecule has 0 fully saturated rings. The van der Waals surface area contributed by atoms with Gasteiger partial charge in [0.2, 0.25) is 0 Å². The molecule has 0 aromatic heterocycles. The molecule has 2 aromatic carbocycles. The Morgan fingerprint density at radius 1 is 1.05 bits per heavy atom. The van der Waals surface area contributed by atoms with Crippen LogP contribution in [0.1, 0.15) is 42.3 Å².